The minimum atomic E-state index is -0.117. The summed E-state index contributed by atoms with van der Waals surface area (Å²) in [6, 6.07) is 101. The largest absolute Gasteiger partial charge is 0.309 e. The number of rotatable bonds is 6. The number of fused-ring (bicyclic) bond motifs is 19. The number of pyridine rings is 1. The lowest BCUT2D eigenvalue weighted by Gasteiger charge is -2.22. The number of hydrogen-bond donors (Lipinski definition) is 0. The third-order valence-corrected chi connectivity index (χ3v) is 22.7. The summed E-state index contributed by atoms with van der Waals surface area (Å²) in [6.45, 7) is 9.35. The molecule has 0 bridgehead atoms. The first-order valence-electron chi connectivity index (χ1n) is 32.3. The molecule has 6 aromatic heterocycles. The van der Waals surface area contributed by atoms with Gasteiger partial charge in [-0.1, -0.05) is 228 Å². The Kier molecular flexibility index (Phi) is 12.0. The molecule has 0 atom stereocenters. The standard InChI is InChI=1S/C46H35N3.C41H24N2S2/c1-45(2)36-19-11-8-16-30(36)32-23-22-29(24-38(32)45)41-27-40(28-14-6-5-7-15-28)47-44(48-41)49-42-21-13-10-18-33(42)35-25-34-31-17-9-12-20-37(31)46(3,4)39(34)26-43(35)49;1-4-16-35-33(13-1)39-36(20-19-32-30-12-3-6-18-38(30)45-41(32)39)43(35)27-10-7-9-26(23-27)34-24-25(21-22-42-34)28-14-8-15-31-29-11-2-5-17-37(29)44-40(28)31/h5-27H,1-4H3;1-24H. The van der Waals surface area contributed by atoms with Crippen LogP contribution in [0.1, 0.15) is 49.9 Å². The Labute approximate surface area is 551 Å². The van der Waals surface area contributed by atoms with E-state index in [0.29, 0.717) is 5.95 Å². The summed E-state index contributed by atoms with van der Waals surface area (Å²) < 4.78 is 10.0. The van der Waals surface area contributed by atoms with Crippen molar-refractivity contribution in [2.24, 2.45) is 0 Å². The quantitative estimate of drug-likeness (QED) is 0.167. The second-order valence-corrected chi connectivity index (χ2v) is 28.3. The van der Waals surface area contributed by atoms with Crippen molar-refractivity contribution in [3.63, 3.8) is 0 Å². The molecule has 0 spiro atoms. The molecule has 444 valence electrons. The van der Waals surface area contributed by atoms with Crippen LogP contribution in [0.25, 0.3) is 163 Å². The van der Waals surface area contributed by atoms with Gasteiger partial charge in [-0.2, -0.15) is 0 Å². The Morgan fingerprint density at radius 2 is 0.851 bits per heavy atom. The maximum absolute atomic E-state index is 5.42. The molecule has 94 heavy (non-hydrogen) atoms. The SMILES string of the molecule is CC1(C)c2ccccc2-c2ccc(-c3cc(-c4ccccc4)nc(-n4c5ccccc5c5cc6c(cc54)C(C)(C)c4ccccc4-6)n3)cc21.c1cc(-c2cc(-c3cccc4c3sc3ccccc34)ccn2)cc(-n2c3ccccc3c3c4sc5ccccc5c4ccc32)c1. The van der Waals surface area contributed by atoms with Crippen LogP contribution in [0.5, 0.6) is 0 Å². The second kappa shape index (κ2) is 20.7. The van der Waals surface area contributed by atoms with Crippen LogP contribution in [0, 0.1) is 0 Å². The van der Waals surface area contributed by atoms with Gasteiger partial charge in [0.15, 0.2) is 0 Å². The normalized spacial score (nSPS) is 13.5. The number of aromatic nitrogens is 5. The summed E-state index contributed by atoms with van der Waals surface area (Å²) in [5.74, 6) is 0.680. The Hall–Kier alpha value is -11.1. The van der Waals surface area contributed by atoms with Crippen molar-refractivity contribution < 1.29 is 0 Å². The van der Waals surface area contributed by atoms with Gasteiger partial charge in [0.25, 0.3) is 0 Å². The fourth-order valence-electron chi connectivity index (χ4n) is 15.7. The molecule has 2 aliphatic carbocycles. The summed E-state index contributed by atoms with van der Waals surface area (Å²) >= 11 is 3.76. The third-order valence-electron chi connectivity index (χ3n) is 20.3. The highest BCUT2D eigenvalue weighted by Gasteiger charge is 2.38. The van der Waals surface area contributed by atoms with Gasteiger partial charge in [-0.15, -0.1) is 22.7 Å². The van der Waals surface area contributed by atoms with Crippen LogP contribution < -0.4 is 0 Å². The van der Waals surface area contributed by atoms with Crippen molar-refractivity contribution in [3.8, 4) is 78.8 Å². The maximum atomic E-state index is 5.42. The Morgan fingerprint density at radius 3 is 1.61 bits per heavy atom. The van der Waals surface area contributed by atoms with E-state index in [9.17, 15) is 0 Å². The van der Waals surface area contributed by atoms with Crippen molar-refractivity contribution in [1.29, 1.82) is 0 Å². The highest BCUT2D eigenvalue weighted by Crippen LogP contribution is 2.53. The first-order chi connectivity index (χ1) is 46.1. The monoisotopic (exact) mass is 1240 g/mol. The van der Waals surface area contributed by atoms with Crippen molar-refractivity contribution in [3.05, 3.63) is 308 Å². The van der Waals surface area contributed by atoms with Crippen molar-refractivity contribution in [2.45, 2.75) is 38.5 Å². The number of para-hydroxylation sites is 2. The van der Waals surface area contributed by atoms with Crippen molar-refractivity contribution in [2.75, 3.05) is 0 Å². The average Bonchev–Trinajstić information content (AvgIpc) is 1.56. The van der Waals surface area contributed by atoms with E-state index in [0.717, 1.165) is 50.5 Å². The van der Waals surface area contributed by atoms with Gasteiger partial charge in [0.2, 0.25) is 5.95 Å². The van der Waals surface area contributed by atoms with Crippen LogP contribution in [0.15, 0.2) is 285 Å². The minimum absolute atomic E-state index is 0.0996. The highest BCUT2D eigenvalue weighted by atomic mass is 32.1. The van der Waals surface area contributed by atoms with Crippen LogP contribution in [0.3, 0.4) is 0 Å². The zero-order valence-electron chi connectivity index (χ0n) is 52.2. The molecule has 0 saturated heterocycles. The van der Waals surface area contributed by atoms with E-state index in [4.69, 9.17) is 15.0 Å². The predicted octanol–water partition coefficient (Wildman–Crippen LogP) is 23.8. The number of hydrogen-bond acceptors (Lipinski definition) is 5. The van der Waals surface area contributed by atoms with E-state index in [1.54, 1.807) is 0 Å². The molecule has 0 aliphatic heterocycles. The van der Waals surface area contributed by atoms with Crippen LogP contribution in [0.4, 0.5) is 0 Å². The van der Waals surface area contributed by atoms with E-state index in [1.165, 1.54) is 129 Å². The van der Waals surface area contributed by atoms with Crippen LogP contribution in [0.2, 0.25) is 0 Å². The lowest BCUT2D eigenvalue weighted by atomic mass is 9.82. The second-order valence-electron chi connectivity index (χ2n) is 26.2. The molecule has 5 nitrogen and oxygen atoms in total. The number of benzene rings is 12. The topological polar surface area (TPSA) is 48.5 Å². The molecule has 6 heterocycles. The van der Waals surface area contributed by atoms with Gasteiger partial charge in [-0.3, -0.25) is 9.55 Å². The third kappa shape index (κ3) is 8.21. The molecule has 0 fully saturated rings. The van der Waals surface area contributed by atoms with E-state index in [-0.39, 0.29) is 10.8 Å². The molecule has 7 heteroatoms. The van der Waals surface area contributed by atoms with E-state index < -0.39 is 0 Å². The molecule has 0 saturated carbocycles. The molecular formula is C87H59N5S2. The molecule has 0 radical (unpaired) electrons. The fourth-order valence-corrected chi connectivity index (χ4v) is 18.2. The molecule has 2 aliphatic rings. The van der Waals surface area contributed by atoms with Gasteiger partial charge in [-0.25, -0.2) is 9.97 Å². The Morgan fingerprint density at radius 1 is 0.298 bits per heavy atom. The zero-order chi connectivity index (χ0) is 62.6. The van der Waals surface area contributed by atoms with Gasteiger partial charge < -0.3 is 4.57 Å². The summed E-state index contributed by atoms with van der Waals surface area (Å²) in [5, 5.41) is 10.3. The molecule has 18 aromatic rings. The van der Waals surface area contributed by atoms with Gasteiger partial charge in [0, 0.05) is 101 Å². The van der Waals surface area contributed by atoms with Crippen LogP contribution in [-0.4, -0.2) is 24.1 Å². The fraction of sp³-hybridized carbons (Fsp3) is 0.0690. The van der Waals surface area contributed by atoms with Crippen molar-refractivity contribution >= 4 is 107 Å². The van der Waals surface area contributed by atoms with Crippen molar-refractivity contribution in [1.82, 2.24) is 24.1 Å². The number of nitrogens with zero attached hydrogens (tertiary/aromatic N) is 5. The minimum Gasteiger partial charge on any atom is -0.309 e. The Bertz CT molecular complexity index is 6190. The summed E-state index contributed by atoms with van der Waals surface area (Å²) in [5.41, 5.74) is 24.8. The zero-order valence-corrected chi connectivity index (χ0v) is 53.8. The predicted molar refractivity (Wildman–Crippen MR) is 398 cm³/mol. The highest BCUT2D eigenvalue weighted by molar-refractivity contribution is 7.27. The summed E-state index contributed by atoms with van der Waals surface area (Å²) in [4.78, 5) is 15.6. The van der Waals surface area contributed by atoms with E-state index >= 15 is 0 Å². The Balaban J connectivity index is 0.000000134. The van der Waals surface area contributed by atoms with Gasteiger partial charge >= 0.3 is 0 Å². The van der Waals surface area contributed by atoms with Gasteiger partial charge in [0.05, 0.1) is 39.1 Å². The molecule has 20 rings (SSSR count). The average molecular weight is 1240 g/mol. The lowest BCUT2D eigenvalue weighted by molar-refractivity contribution is 0.660. The van der Waals surface area contributed by atoms with E-state index in [1.807, 2.05) is 28.9 Å². The summed E-state index contributed by atoms with van der Waals surface area (Å²) in [7, 11) is 0. The van der Waals surface area contributed by atoms with Gasteiger partial charge in [-0.05, 0) is 134 Å². The molecule has 0 unspecified atom stereocenters. The molecule has 0 N–H and O–H groups in total. The van der Waals surface area contributed by atoms with Crippen LogP contribution in [-0.2, 0) is 10.8 Å². The van der Waals surface area contributed by atoms with Gasteiger partial charge in [0.1, 0.15) is 0 Å². The lowest BCUT2D eigenvalue weighted by Crippen LogP contribution is -2.15. The maximum Gasteiger partial charge on any atom is 0.235 e. The first-order valence-corrected chi connectivity index (χ1v) is 33.9. The smallest absolute Gasteiger partial charge is 0.235 e. The van der Waals surface area contributed by atoms with Crippen LogP contribution >= 0.6 is 22.7 Å². The molecule has 12 aromatic carbocycles. The first kappa shape index (κ1) is 54.6. The number of thiophene rings is 2. The molecular weight excluding hydrogens is 1180 g/mol. The molecule has 0 amide bonds. The van der Waals surface area contributed by atoms with E-state index in [2.05, 4.69) is 316 Å². The summed E-state index contributed by atoms with van der Waals surface area (Å²) in [6.07, 6.45) is 1.95.